The normalized spacial score (nSPS) is 16.7. The van der Waals surface area contributed by atoms with Gasteiger partial charge in [-0.25, -0.2) is 5.01 Å². The van der Waals surface area contributed by atoms with Crippen molar-refractivity contribution in [3.05, 3.63) is 78.0 Å². The first kappa shape index (κ1) is 13.6. The van der Waals surface area contributed by atoms with E-state index >= 15 is 0 Å². The number of rotatable bonds is 2. The number of benzene rings is 2. The summed E-state index contributed by atoms with van der Waals surface area (Å²) in [5.41, 5.74) is 4.53. The molecule has 0 N–H and O–H groups in total. The molecule has 0 bridgehead atoms. The average molecular weight is 276 g/mol. The topological polar surface area (TPSA) is 15.6 Å². The van der Waals surface area contributed by atoms with Gasteiger partial charge in [0.2, 0.25) is 0 Å². The minimum absolute atomic E-state index is 0.0669. The monoisotopic (exact) mass is 276 g/mol. The van der Waals surface area contributed by atoms with Crippen LogP contribution >= 0.6 is 0 Å². The van der Waals surface area contributed by atoms with Gasteiger partial charge in [0.25, 0.3) is 0 Å². The molecular weight excluding hydrogens is 256 g/mol. The molecule has 0 aliphatic carbocycles. The third-order valence-electron chi connectivity index (χ3n) is 3.80. The second-order valence-electron chi connectivity index (χ2n) is 6.03. The number of anilines is 1. The molecule has 0 fully saturated rings. The lowest BCUT2D eigenvalue weighted by Crippen LogP contribution is -2.30. The average Bonchev–Trinajstić information content (AvgIpc) is 2.49. The lowest BCUT2D eigenvalue weighted by atomic mass is 9.83. The second kappa shape index (κ2) is 5.21. The highest BCUT2D eigenvalue weighted by Crippen LogP contribution is 2.30. The molecule has 0 radical (unpaired) electrons. The van der Waals surface area contributed by atoms with Crippen LogP contribution in [0, 0.1) is 12.3 Å². The van der Waals surface area contributed by atoms with Gasteiger partial charge in [0.15, 0.2) is 0 Å². The number of nitrogens with zero attached hydrogens (tertiary/aromatic N) is 2. The Morgan fingerprint density at radius 1 is 0.905 bits per heavy atom. The fourth-order valence-electron chi connectivity index (χ4n) is 2.47. The minimum Gasteiger partial charge on any atom is -0.241 e. The van der Waals surface area contributed by atoms with E-state index in [1.54, 1.807) is 0 Å². The lowest BCUT2D eigenvalue weighted by Gasteiger charge is -2.31. The fraction of sp³-hybridized carbons (Fsp3) is 0.211. The number of allylic oxidation sites excluding steroid dienone is 1. The summed E-state index contributed by atoms with van der Waals surface area (Å²) in [4.78, 5) is 0. The summed E-state index contributed by atoms with van der Waals surface area (Å²) in [6.07, 6.45) is 4.26. The summed E-state index contributed by atoms with van der Waals surface area (Å²) < 4.78 is 0. The molecule has 1 aliphatic rings. The molecule has 106 valence electrons. The highest BCUT2D eigenvalue weighted by molar-refractivity contribution is 6.06. The van der Waals surface area contributed by atoms with Crippen molar-refractivity contribution in [3.63, 3.8) is 0 Å². The second-order valence-corrected chi connectivity index (χ2v) is 6.03. The van der Waals surface area contributed by atoms with Crippen LogP contribution in [0.5, 0.6) is 0 Å². The van der Waals surface area contributed by atoms with Crippen LogP contribution in [0.15, 0.2) is 72.0 Å². The summed E-state index contributed by atoms with van der Waals surface area (Å²) >= 11 is 0. The first-order chi connectivity index (χ1) is 10.1. The SMILES string of the molecule is Cc1ccc(N2C=CC(C)(C)C(c3ccccc3)=N2)cc1. The third kappa shape index (κ3) is 2.75. The van der Waals surface area contributed by atoms with E-state index < -0.39 is 0 Å². The molecule has 0 aromatic heterocycles. The summed E-state index contributed by atoms with van der Waals surface area (Å²) in [6.45, 7) is 6.49. The van der Waals surface area contributed by atoms with Crippen LogP contribution in [0.4, 0.5) is 5.69 Å². The minimum atomic E-state index is -0.0669. The van der Waals surface area contributed by atoms with Gasteiger partial charge in [0.1, 0.15) is 0 Å². The molecule has 21 heavy (non-hydrogen) atoms. The van der Waals surface area contributed by atoms with Gasteiger partial charge in [-0.1, -0.05) is 68.0 Å². The largest absolute Gasteiger partial charge is 0.241 e. The van der Waals surface area contributed by atoms with Crippen molar-refractivity contribution in [2.24, 2.45) is 10.5 Å². The lowest BCUT2D eigenvalue weighted by molar-refractivity contribution is 0.656. The van der Waals surface area contributed by atoms with E-state index in [2.05, 4.69) is 81.6 Å². The summed E-state index contributed by atoms with van der Waals surface area (Å²) in [5, 5.41) is 6.82. The molecule has 2 aromatic rings. The molecule has 0 unspecified atom stereocenters. The van der Waals surface area contributed by atoms with E-state index in [4.69, 9.17) is 5.10 Å². The Morgan fingerprint density at radius 2 is 1.57 bits per heavy atom. The van der Waals surface area contributed by atoms with Crippen LogP contribution in [-0.2, 0) is 0 Å². The van der Waals surface area contributed by atoms with E-state index in [1.165, 1.54) is 11.1 Å². The maximum Gasteiger partial charge on any atom is 0.0780 e. The zero-order chi connectivity index (χ0) is 14.9. The molecule has 0 saturated heterocycles. The number of aryl methyl sites for hydroxylation is 1. The van der Waals surface area contributed by atoms with E-state index in [9.17, 15) is 0 Å². The van der Waals surface area contributed by atoms with Crippen LogP contribution in [0.3, 0.4) is 0 Å². The number of hydrazone groups is 1. The summed E-state index contributed by atoms with van der Waals surface area (Å²) in [7, 11) is 0. The standard InChI is InChI=1S/C19H20N2/c1-15-9-11-17(12-10-15)21-14-13-19(2,3)18(20-21)16-7-5-4-6-8-16/h4-14H,1-3H3. The molecule has 0 atom stereocenters. The first-order valence-electron chi connectivity index (χ1n) is 7.26. The Labute approximate surface area is 126 Å². The van der Waals surface area contributed by atoms with Crippen molar-refractivity contribution in [3.8, 4) is 0 Å². The third-order valence-corrected chi connectivity index (χ3v) is 3.80. The van der Waals surface area contributed by atoms with Crippen LogP contribution < -0.4 is 5.01 Å². The van der Waals surface area contributed by atoms with Gasteiger partial charge < -0.3 is 0 Å². The predicted octanol–water partition coefficient (Wildman–Crippen LogP) is 4.76. The maximum absolute atomic E-state index is 4.87. The molecular formula is C19H20N2. The van der Waals surface area contributed by atoms with Gasteiger partial charge in [-0.15, -0.1) is 0 Å². The van der Waals surface area contributed by atoms with E-state index in [0.717, 1.165) is 11.4 Å². The van der Waals surface area contributed by atoms with Gasteiger partial charge in [0, 0.05) is 11.6 Å². The fourth-order valence-corrected chi connectivity index (χ4v) is 2.47. The van der Waals surface area contributed by atoms with E-state index in [1.807, 2.05) is 11.1 Å². The summed E-state index contributed by atoms with van der Waals surface area (Å²) in [6, 6.07) is 18.8. The Bertz CT molecular complexity index is 679. The smallest absolute Gasteiger partial charge is 0.0780 e. The summed E-state index contributed by atoms with van der Waals surface area (Å²) in [5.74, 6) is 0. The van der Waals surface area contributed by atoms with Gasteiger partial charge in [0.05, 0.1) is 11.4 Å². The maximum atomic E-state index is 4.87. The highest BCUT2D eigenvalue weighted by Gasteiger charge is 2.27. The number of hydrogen-bond donors (Lipinski definition) is 0. The van der Waals surface area contributed by atoms with Gasteiger partial charge in [-0.3, -0.25) is 0 Å². The predicted molar refractivity (Wildman–Crippen MR) is 89.6 cm³/mol. The Hall–Kier alpha value is -2.35. The van der Waals surface area contributed by atoms with Crippen molar-refractivity contribution in [2.75, 3.05) is 5.01 Å². The van der Waals surface area contributed by atoms with Crippen molar-refractivity contribution in [1.82, 2.24) is 0 Å². The molecule has 0 amide bonds. The van der Waals surface area contributed by atoms with Crippen molar-refractivity contribution < 1.29 is 0 Å². The van der Waals surface area contributed by atoms with Crippen LogP contribution in [0.2, 0.25) is 0 Å². The molecule has 0 saturated carbocycles. The molecule has 1 heterocycles. The van der Waals surface area contributed by atoms with Gasteiger partial charge in [-0.2, -0.15) is 5.10 Å². The highest BCUT2D eigenvalue weighted by atomic mass is 15.5. The van der Waals surface area contributed by atoms with Gasteiger partial charge >= 0.3 is 0 Å². The zero-order valence-electron chi connectivity index (χ0n) is 12.7. The Kier molecular flexibility index (Phi) is 3.38. The zero-order valence-corrected chi connectivity index (χ0v) is 12.7. The van der Waals surface area contributed by atoms with Crippen molar-refractivity contribution in [1.29, 1.82) is 0 Å². The van der Waals surface area contributed by atoms with E-state index in [0.29, 0.717) is 0 Å². The van der Waals surface area contributed by atoms with Crippen LogP contribution in [0.25, 0.3) is 0 Å². The first-order valence-corrected chi connectivity index (χ1v) is 7.26. The molecule has 3 rings (SSSR count). The quantitative estimate of drug-likeness (QED) is 0.772. The van der Waals surface area contributed by atoms with Gasteiger partial charge in [-0.05, 0) is 24.6 Å². The van der Waals surface area contributed by atoms with Crippen LogP contribution in [-0.4, -0.2) is 5.71 Å². The van der Waals surface area contributed by atoms with E-state index in [-0.39, 0.29) is 5.41 Å². The van der Waals surface area contributed by atoms with Crippen molar-refractivity contribution >= 4 is 11.4 Å². The molecule has 1 aliphatic heterocycles. The van der Waals surface area contributed by atoms with Crippen LogP contribution in [0.1, 0.15) is 25.0 Å². The Morgan fingerprint density at radius 3 is 2.24 bits per heavy atom. The molecule has 0 spiro atoms. The van der Waals surface area contributed by atoms with Crippen molar-refractivity contribution in [2.45, 2.75) is 20.8 Å². The molecule has 2 heteroatoms. The number of hydrogen-bond acceptors (Lipinski definition) is 2. The molecule has 2 nitrogen and oxygen atoms in total. The molecule has 2 aromatic carbocycles. The Balaban J connectivity index is 2.02.